The lowest BCUT2D eigenvalue weighted by molar-refractivity contribution is -0.119. The summed E-state index contributed by atoms with van der Waals surface area (Å²) in [7, 11) is 0. The second-order valence-electron chi connectivity index (χ2n) is 3.27. The van der Waals surface area contributed by atoms with E-state index in [1.54, 1.807) is 23.0 Å². The number of amides is 3. The number of nitrogens with one attached hydrogen (secondary N) is 1. The first kappa shape index (κ1) is 12.3. The Balaban J connectivity index is 1.87. The summed E-state index contributed by atoms with van der Waals surface area (Å²) in [4.78, 5) is 29.7. The molecule has 9 heteroatoms. The summed E-state index contributed by atoms with van der Waals surface area (Å²) in [6.07, 6.45) is 3.52. The van der Waals surface area contributed by atoms with Crippen LogP contribution in [0.1, 0.15) is 6.42 Å². The zero-order valence-electron chi connectivity index (χ0n) is 9.24. The van der Waals surface area contributed by atoms with Gasteiger partial charge in [-0.2, -0.15) is 4.98 Å². The number of urea groups is 1. The molecule has 3 N–H and O–H groups in total. The lowest BCUT2D eigenvalue weighted by Crippen LogP contribution is -2.35. The molecule has 0 radical (unpaired) electrons. The minimum absolute atomic E-state index is 0.163. The van der Waals surface area contributed by atoms with Crippen LogP contribution in [0.25, 0.3) is 5.78 Å². The minimum Gasteiger partial charge on any atom is -0.351 e. The Morgan fingerprint density at radius 2 is 2.33 bits per heavy atom. The highest BCUT2D eigenvalue weighted by Crippen LogP contribution is 2.14. The molecule has 0 fully saturated rings. The van der Waals surface area contributed by atoms with Crippen LogP contribution in [0.5, 0.6) is 0 Å². The summed E-state index contributed by atoms with van der Waals surface area (Å²) >= 11 is 1.31. The number of carbonyl (C=O) groups is 2. The Kier molecular flexibility index (Phi) is 3.72. The first-order valence-electron chi connectivity index (χ1n) is 5.04. The van der Waals surface area contributed by atoms with E-state index in [1.807, 2.05) is 5.32 Å². The van der Waals surface area contributed by atoms with Crippen molar-refractivity contribution in [3.63, 3.8) is 0 Å². The van der Waals surface area contributed by atoms with Crippen LogP contribution in [0.15, 0.2) is 23.6 Å². The highest BCUT2D eigenvalue weighted by molar-refractivity contribution is 7.99. The number of imide groups is 1. The molecule has 2 rings (SSSR count). The van der Waals surface area contributed by atoms with Crippen molar-refractivity contribution < 1.29 is 9.59 Å². The topological polar surface area (TPSA) is 115 Å². The Hall–Kier alpha value is -2.16. The molecule has 0 aliphatic heterocycles. The zero-order chi connectivity index (χ0) is 13.0. The second-order valence-corrected chi connectivity index (χ2v) is 4.33. The molecule has 18 heavy (non-hydrogen) atoms. The first-order valence-corrected chi connectivity index (χ1v) is 6.03. The Morgan fingerprint density at radius 1 is 1.50 bits per heavy atom. The van der Waals surface area contributed by atoms with Crippen LogP contribution in [0.2, 0.25) is 0 Å². The number of hydrogen-bond donors (Lipinski definition) is 2. The predicted molar refractivity (Wildman–Crippen MR) is 63.8 cm³/mol. The van der Waals surface area contributed by atoms with Crippen molar-refractivity contribution in [1.82, 2.24) is 24.9 Å². The van der Waals surface area contributed by atoms with E-state index in [2.05, 4.69) is 15.1 Å². The number of fused-ring (bicyclic) bond motifs is 1. The highest BCUT2D eigenvalue weighted by atomic mass is 32.2. The van der Waals surface area contributed by atoms with Crippen molar-refractivity contribution in [2.24, 2.45) is 5.73 Å². The van der Waals surface area contributed by atoms with E-state index in [4.69, 9.17) is 5.73 Å². The van der Waals surface area contributed by atoms with E-state index in [0.717, 1.165) is 0 Å². The molecule has 0 unspecified atom stereocenters. The van der Waals surface area contributed by atoms with E-state index in [-0.39, 0.29) is 6.42 Å². The third-order valence-electron chi connectivity index (χ3n) is 1.92. The van der Waals surface area contributed by atoms with E-state index < -0.39 is 11.9 Å². The maximum absolute atomic E-state index is 11.1. The van der Waals surface area contributed by atoms with Crippen molar-refractivity contribution in [3.8, 4) is 0 Å². The third-order valence-corrected chi connectivity index (χ3v) is 2.76. The van der Waals surface area contributed by atoms with Gasteiger partial charge in [0.2, 0.25) is 11.1 Å². The maximum Gasteiger partial charge on any atom is 0.318 e. The summed E-state index contributed by atoms with van der Waals surface area (Å²) in [5.74, 6) is 0.536. The number of aromatic nitrogens is 4. The SMILES string of the molecule is NC(=O)NC(=O)CCSc1nc2ncccn2n1. The van der Waals surface area contributed by atoms with Gasteiger partial charge in [-0.05, 0) is 6.07 Å². The van der Waals surface area contributed by atoms with E-state index in [9.17, 15) is 9.59 Å². The zero-order valence-corrected chi connectivity index (χ0v) is 10.1. The van der Waals surface area contributed by atoms with Crippen molar-refractivity contribution >= 4 is 29.5 Å². The van der Waals surface area contributed by atoms with Crippen molar-refractivity contribution in [3.05, 3.63) is 18.5 Å². The number of thioether (sulfide) groups is 1. The predicted octanol–water partition coefficient (Wildman–Crippen LogP) is -0.199. The van der Waals surface area contributed by atoms with Crippen LogP contribution in [-0.4, -0.2) is 37.3 Å². The maximum atomic E-state index is 11.1. The van der Waals surface area contributed by atoms with E-state index >= 15 is 0 Å². The van der Waals surface area contributed by atoms with Gasteiger partial charge in [-0.15, -0.1) is 5.10 Å². The van der Waals surface area contributed by atoms with Crippen LogP contribution in [0, 0.1) is 0 Å². The van der Waals surface area contributed by atoms with Gasteiger partial charge in [0, 0.05) is 24.6 Å². The lowest BCUT2D eigenvalue weighted by atomic mass is 10.4. The fourth-order valence-electron chi connectivity index (χ4n) is 1.21. The van der Waals surface area contributed by atoms with Crippen LogP contribution < -0.4 is 11.1 Å². The number of nitrogens with two attached hydrogens (primary N) is 1. The van der Waals surface area contributed by atoms with Crippen LogP contribution >= 0.6 is 11.8 Å². The molecular weight excluding hydrogens is 256 g/mol. The molecule has 0 bridgehead atoms. The summed E-state index contributed by atoms with van der Waals surface area (Å²) in [5.41, 5.74) is 4.81. The molecule has 8 nitrogen and oxygen atoms in total. The molecule has 0 atom stereocenters. The van der Waals surface area contributed by atoms with Crippen molar-refractivity contribution in [1.29, 1.82) is 0 Å². The van der Waals surface area contributed by atoms with Crippen molar-refractivity contribution in [2.75, 3.05) is 5.75 Å². The normalized spacial score (nSPS) is 10.4. The number of primary amides is 1. The smallest absolute Gasteiger partial charge is 0.318 e. The highest BCUT2D eigenvalue weighted by Gasteiger charge is 2.07. The first-order chi connectivity index (χ1) is 8.65. The molecule has 3 amide bonds. The number of rotatable bonds is 4. The van der Waals surface area contributed by atoms with Gasteiger partial charge in [0.25, 0.3) is 5.78 Å². The van der Waals surface area contributed by atoms with Crippen LogP contribution in [0.4, 0.5) is 4.79 Å². The van der Waals surface area contributed by atoms with Crippen molar-refractivity contribution in [2.45, 2.75) is 11.6 Å². The summed E-state index contributed by atoms with van der Waals surface area (Å²) in [5, 5.41) is 6.67. The molecular formula is C9H10N6O2S. The van der Waals surface area contributed by atoms with Crippen LogP contribution in [-0.2, 0) is 4.79 Å². The molecule has 0 aromatic carbocycles. The quantitative estimate of drug-likeness (QED) is 0.740. The lowest BCUT2D eigenvalue weighted by Gasteiger charge is -1.98. The molecule has 0 aliphatic rings. The average molecular weight is 266 g/mol. The molecule has 2 aromatic rings. The van der Waals surface area contributed by atoms with E-state index in [1.165, 1.54) is 11.8 Å². The molecule has 0 saturated heterocycles. The average Bonchev–Trinajstić information content (AvgIpc) is 2.70. The summed E-state index contributed by atoms with van der Waals surface area (Å²) in [6.45, 7) is 0. The number of carbonyl (C=O) groups excluding carboxylic acids is 2. The van der Waals surface area contributed by atoms with Gasteiger partial charge < -0.3 is 5.73 Å². The van der Waals surface area contributed by atoms with Gasteiger partial charge in [-0.3, -0.25) is 10.1 Å². The number of nitrogens with zero attached hydrogens (tertiary/aromatic N) is 4. The minimum atomic E-state index is -0.847. The van der Waals surface area contributed by atoms with Crippen LogP contribution in [0.3, 0.4) is 0 Å². The monoisotopic (exact) mass is 266 g/mol. The van der Waals surface area contributed by atoms with Gasteiger partial charge in [-0.1, -0.05) is 11.8 Å². The molecule has 94 valence electrons. The van der Waals surface area contributed by atoms with Gasteiger partial charge in [-0.25, -0.2) is 14.3 Å². The Bertz CT molecular complexity index is 550. The number of hydrogen-bond acceptors (Lipinski definition) is 6. The van der Waals surface area contributed by atoms with Gasteiger partial charge in [0.1, 0.15) is 0 Å². The molecule has 0 spiro atoms. The Morgan fingerprint density at radius 3 is 3.06 bits per heavy atom. The Labute approximate surface area is 106 Å². The molecule has 0 saturated carbocycles. The fraction of sp³-hybridized carbons (Fsp3) is 0.222. The molecule has 2 heterocycles. The molecule has 2 aromatic heterocycles. The van der Waals surface area contributed by atoms with Gasteiger partial charge >= 0.3 is 6.03 Å². The standard InChI is InChI=1S/C9H10N6O2S/c10-7(17)12-6(16)2-5-18-9-13-8-11-3-1-4-15(8)14-9/h1,3-4H,2,5H2,(H3,10,12,16,17). The van der Waals surface area contributed by atoms with E-state index in [0.29, 0.717) is 16.7 Å². The molecule has 0 aliphatic carbocycles. The summed E-state index contributed by atoms with van der Waals surface area (Å²) < 4.78 is 1.55. The second kappa shape index (κ2) is 5.45. The third kappa shape index (κ3) is 3.17. The summed E-state index contributed by atoms with van der Waals surface area (Å²) in [6, 6.07) is 0.899. The fourth-order valence-corrected chi connectivity index (χ4v) is 1.97. The largest absolute Gasteiger partial charge is 0.351 e. The van der Waals surface area contributed by atoms with Gasteiger partial charge in [0.15, 0.2) is 0 Å². The van der Waals surface area contributed by atoms with Gasteiger partial charge in [0.05, 0.1) is 0 Å².